The molecular formula is C20H22F3N3O4S2. The molecule has 1 amide bonds. The van der Waals surface area contributed by atoms with Gasteiger partial charge in [-0.1, -0.05) is 6.07 Å². The highest BCUT2D eigenvalue weighted by Gasteiger charge is 2.47. The summed E-state index contributed by atoms with van der Waals surface area (Å²) in [6.07, 6.45) is -2.07. The molecule has 174 valence electrons. The minimum absolute atomic E-state index is 0.111. The van der Waals surface area contributed by atoms with Crippen molar-refractivity contribution in [3.63, 3.8) is 0 Å². The molecule has 1 aliphatic heterocycles. The molecule has 4 unspecified atom stereocenters. The van der Waals surface area contributed by atoms with Gasteiger partial charge in [0.1, 0.15) is 5.75 Å². The van der Waals surface area contributed by atoms with Gasteiger partial charge >= 0.3 is 6.18 Å². The fourth-order valence-corrected chi connectivity index (χ4v) is 7.01. The molecule has 2 heterocycles. The Hall–Kier alpha value is -2.34. The van der Waals surface area contributed by atoms with Gasteiger partial charge in [-0.2, -0.15) is 13.2 Å². The number of anilines is 1. The number of alkyl halides is 3. The highest BCUT2D eigenvalue weighted by atomic mass is 32.2. The highest BCUT2D eigenvalue weighted by molar-refractivity contribution is 7.93. The molecule has 2 N–H and O–H groups in total. The van der Waals surface area contributed by atoms with E-state index in [0.29, 0.717) is 18.4 Å². The third kappa shape index (κ3) is 4.42. The Morgan fingerprint density at radius 3 is 2.69 bits per heavy atom. The van der Waals surface area contributed by atoms with Gasteiger partial charge in [0, 0.05) is 30.0 Å². The van der Waals surface area contributed by atoms with E-state index in [0.717, 1.165) is 12.1 Å². The van der Waals surface area contributed by atoms with E-state index in [-0.39, 0.29) is 41.6 Å². The predicted octanol–water partition coefficient (Wildman–Crippen LogP) is 3.61. The predicted molar refractivity (Wildman–Crippen MR) is 113 cm³/mol. The van der Waals surface area contributed by atoms with Gasteiger partial charge in [-0.05, 0) is 42.9 Å². The lowest BCUT2D eigenvalue weighted by Gasteiger charge is -2.43. The Morgan fingerprint density at radius 2 is 2.03 bits per heavy atom. The molecular weight excluding hydrogens is 467 g/mol. The fraction of sp³-hybridized carbons (Fsp3) is 0.500. The molecule has 1 aromatic carbocycles. The molecule has 4 atom stereocenters. The average Bonchev–Trinajstić information content (AvgIpc) is 3.25. The van der Waals surface area contributed by atoms with Crippen LogP contribution in [0.25, 0.3) is 0 Å². The number of aromatic nitrogens is 1. The summed E-state index contributed by atoms with van der Waals surface area (Å²) in [5.41, 5.74) is -0.227. The Kier molecular flexibility index (Phi) is 6.10. The van der Waals surface area contributed by atoms with Crippen LogP contribution in [0, 0.1) is 11.8 Å². The number of sulfonamides is 1. The lowest BCUT2D eigenvalue weighted by molar-refractivity contribution is -0.137. The highest BCUT2D eigenvalue weighted by Crippen LogP contribution is 2.47. The summed E-state index contributed by atoms with van der Waals surface area (Å²) >= 11 is 1.17. The van der Waals surface area contributed by atoms with Gasteiger partial charge in [0.2, 0.25) is 15.9 Å². The number of halogens is 3. The van der Waals surface area contributed by atoms with Crippen LogP contribution in [0.2, 0.25) is 0 Å². The van der Waals surface area contributed by atoms with Gasteiger partial charge in [-0.3, -0.25) is 9.52 Å². The zero-order valence-corrected chi connectivity index (χ0v) is 18.7. The van der Waals surface area contributed by atoms with Crippen LogP contribution in [0.15, 0.2) is 29.8 Å². The number of fused-ring (bicyclic) bond motifs is 1. The van der Waals surface area contributed by atoms with Crippen molar-refractivity contribution in [3.05, 3.63) is 40.9 Å². The Labute approximate surface area is 187 Å². The molecule has 1 aliphatic carbocycles. The Bertz CT molecular complexity index is 1090. The first-order chi connectivity index (χ1) is 15.1. The maximum Gasteiger partial charge on any atom is 0.416 e. The number of hydrogen-bond donors (Lipinski definition) is 2. The molecule has 0 radical (unpaired) electrons. The van der Waals surface area contributed by atoms with E-state index >= 15 is 0 Å². The van der Waals surface area contributed by atoms with Gasteiger partial charge in [0.05, 0.1) is 17.9 Å². The first-order valence-corrected chi connectivity index (χ1v) is 12.5. The van der Waals surface area contributed by atoms with Crippen LogP contribution in [0.4, 0.5) is 18.3 Å². The molecule has 32 heavy (non-hydrogen) atoms. The molecule has 0 spiro atoms. The molecule has 0 bridgehead atoms. The molecule has 2 aliphatic rings. The summed E-state index contributed by atoms with van der Waals surface area (Å²) in [5, 5.41) is 3.97. The van der Waals surface area contributed by atoms with Gasteiger partial charge in [0.15, 0.2) is 5.13 Å². The summed E-state index contributed by atoms with van der Waals surface area (Å²) in [5.74, 6) is -1.15. The van der Waals surface area contributed by atoms with Crippen molar-refractivity contribution in [2.45, 2.75) is 36.6 Å². The second-order valence-electron chi connectivity index (χ2n) is 8.00. The lowest BCUT2D eigenvalue weighted by atomic mass is 9.67. The van der Waals surface area contributed by atoms with Crippen molar-refractivity contribution in [3.8, 4) is 5.75 Å². The van der Waals surface area contributed by atoms with Gasteiger partial charge in [0.25, 0.3) is 0 Å². The summed E-state index contributed by atoms with van der Waals surface area (Å²) in [4.78, 5) is 16.6. The van der Waals surface area contributed by atoms with Crippen LogP contribution < -0.4 is 14.8 Å². The Morgan fingerprint density at radius 1 is 1.25 bits per heavy atom. The van der Waals surface area contributed by atoms with Crippen LogP contribution in [0.5, 0.6) is 5.75 Å². The van der Waals surface area contributed by atoms with Crippen LogP contribution >= 0.6 is 11.3 Å². The van der Waals surface area contributed by atoms with Crippen molar-refractivity contribution in [2.24, 2.45) is 11.8 Å². The summed E-state index contributed by atoms with van der Waals surface area (Å²) in [7, 11) is -2.42. The quantitative estimate of drug-likeness (QED) is 0.669. The molecule has 12 heteroatoms. The number of piperidine rings is 1. The molecule has 7 nitrogen and oxygen atoms in total. The van der Waals surface area contributed by atoms with Gasteiger partial charge < -0.3 is 10.1 Å². The van der Waals surface area contributed by atoms with E-state index in [1.165, 1.54) is 30.7 Å². The lowest BCUT2D eigenvalue weighted by Crippen LogP contribution is -2.51. The first-order valence-electron chi connectivity index (χ1n) is 10.0. The average molecular weight is 490 g/mol. The number of rotatable bonds is 5. The van der Waals surface area contributed by atoms with Crippen molar-refractivity contribution in [1.29, 1.82) is 0 Å². The number of benzene rings is 1. The second kappa shape index (κ2) is 8.54. The van der Waals surface area contributed by atoms with E-state index in [4.69, 9.17) is 4.74 Å². The summed E-state index contributed by atoms with van der Waals surface area (Å²) in [6, 6.07) is 3.37. The molecule has 1 saturated carbocycles. The van der Waals surface area contributed by atoms with E-state index in [1.807, 2.05) is 0 Å². The first kappa shape index (κ1) is 22.8. The minimum atomic E-state index is -4.49. The van der Waals surface area contributed by atoms with E-state index in [1.54, 1.807) is 5.38 Å². The van der Waals surface area contributed by atoms with Crippen molar-refractivity contribution in [1.82, 2.24) is 10.3 Å². The minimum Gasteiger partial charge on any atom is -0.496 e. The Balaban J connectivity index is 1.57. The van der Waals surface area contributed by atoms with Crippen molar-refractivity contribution >= 4 is 32.4 Å². The molecule has 1 aromatic heterocycles. The van der Waals surface area contributed by atoms with Crippen LogP contribution in [0.1, 0.15) is 36.3 Å². The number of carbonyl (C=O) groups is 1. The summed E-state index contributed by atoms with van der Waals surface area (Å²) < 4.78 is 72.7. The van der Waals surface area contributed by atoms with Crippen LogP contribution in [-0.4, -0.2) is 38.2 Å². The zero-order chi connectivity index (χ0) is 23.1. The maximum atomic E-state index is 13.1. The number of nitrogens with zero attached hydrogens (tertiary/aromatic N) is 1. The number of carbonyl (C=O) groups excluding carboxylic acids is 1. The maximum absolute atomic E-state index is 13.1. The number of thiazole rings is 1. The largest absolute Gasteiger partial charge is 0.496 e. The smallest absolute Gasteiger partial charge is 0.416 e. The van der Waals surface area contributed by atoms with E-state index in [2.05, 4.69) is 15.0 Å². The third-order valence-electron chi connectivity index (χ3n) is 6.27. The molecule has 2 aromatic rings. The standard InChI is InChI=1S/C20H22F3N3O4S2/c1-30-17-8-11(20(21,22)23)2-4-14(17)16-10-25-18(27)15-9-12(3-5-13(15)16)32(28,29)26-19-24-6-7-31-19/h2,4,6-8,12-13,15-16H,3,5,9-10H2,1H3,(H,24,26)(H,25,27). The number of amides is 1. The van der Waals surface area contributed by atoms with Crippen LogP contribution in [0.3, 0.4) is 0 Å². The third-order valence-corrected chi connectivity index (χ3v) is 8.87. The SMILES string of the molecule is COc1cc(C(F)(F)F)ccc1C1CNC(=O)C2CC(S(=O)(=O)Nc3nccs3)CCC21. The normalized spacial score (nSPS) is 26.2. The number of hydrogen-bond acceptors (Lipinski definition) is 6. The number of methoxy groups -OCH3 is 1. The second-order valence-corrected chi connectivity index (χ2v) is 10.9. The number of nitrogens with one attached hydrogen (secondary N) is 2. The van der Waals surface area contributed by atoms with E-state index in [9.17, 15) is 26.4 Å². The van der Waals surface area contributed by atoms with Crippen molar-refractivity contribution in [2.75, 3.05) is 18.4 Å². The molecule has 4 rings (SSSR count). The fourth-order valence-electron chi connectivity index (χ4n) is 4.73. The van der Waals surface area contributed by atoms with Crippen LogP contribution in [-0.2, 0) is 21.0 Å². The summed E-state index contributed by atoms with van der Waals surface area (Å²) in [6.45, 7) is 0.260. The van der Waals surface area contributed by atoms with Gasteiger partial charge in [-0.15, -0.1) is 11.3 Å². The monoisotopic (exact) mass is 489 g/mol. The molecule has 2 fully saturated rings. The van der Waals surface area contributed by atoms with E-state index < -0.39 is 32.9 Å². The van der Waals surface area contributed by atoms with Crippen molar-refractivity contribution < 1.29 is 31.1 Å². The molecule has 1 saturated heterocycles. The topological polar surface area (TPSA) is 97.4 Å². The number of ether oxygens (including phenoxy) is 1. The zero-order valence-electron chi connectivity index (χ0n) is 17.1. The van der Waals surface area contributed by atoms with Gasteiger partial charge in [-0.25, -0.2) is 13.4 Å².